The molecule has 4 N–H and O–H groups in total. The highest BCUT2D eigenvalue weighted by molar-refractivity contribution is 5.89. The summed E-state index contributed by atoms with van der Waals surface area (Å²) in [5.74, 6) is 2.59. The molecule has 0 unspecified atom stereocenters. The Morgan fingerprint density at radius 3 is 2.43 bits per heavy atom. The zero-order valence-corrected chi connectivity index (χ0v) is 12.2. The van der Waals surface area contributed by atoms with Crippen LogP contribution < -0.4 is 20.1 Å². The molecule has 0 aliphatic heterocycles. The minimum Gasteiger partial charge on any atom is -0.496 e. The predicted octanol–water partition coefficient (Wildman–Crippen LogP) is 1.27. The summed E-state index contributed by atoms with van der Waals surface area (Å²) in [6, 6.07) is 5.54. The number of aromatic amines is 1. The van der Waals surface area contributed by atoms with Gasteiger partial charge in [0.15, 0.2) is 5.96 Å². The number of rotatable bonds is 5. The lowest BCUT2D eigenvalue weighted by atomic mass is 10.1. The highest BCUT2D eigenvalue weighted by Crippen LogP contribution is 2.27. The summed E-state index contributed by atoms with van der Waals surface area (Å²) < 4.78 is 10.6. The fourth-order valence-electron chi connectivity index (χ4n) is 1.84. The topological polar surface area (TPSA) is 108 Å². The second-order valence-electron chi connectivity index (χ2n) is 4.25. The molecule has 0 fully saturated rings. The molecule has 0 saturated carbocycles. The van der Waals surface area contributed by atoms with Gasteiger partial charge in [-0.25, -0.2) is 0 Å². The van der Waals surface area contributed by atoms with Crippen molar-refractivity contribution in [2.45, 2.75) is 13.5 Å². The number of H-pyrrole nitrogens is 1. The number of guanidine groups is 1. The number of methoxy groups -OCH3 is 2. The van der Waals surface area contributed by atoms with E-state index in [-0.39, 0.29) is 5.96 Å². The van der Waals surface area contributed by atoms with Crippen LogP contribution in [0, 0.1) is 12.3 Å². The number of benzene rings is 1. The average Bonchev–Trinajstić information content (AvgIpc) is 2.89. The van der Waals surface area contributed by atoms with Crippen molar-refractivity contribution in [3.05, 3.63) is 29.6 Å². The van der Waals surface area contributed by atoms with E-state index in [1.807, 2.05) is 18.2 Å². The van der Waals surface area contributed by atoms with Crippen molar-refractivity contribution in [3.63, 3.8) is 0 Å². The van der Waals surface area contributed by atoms with Crippen LogP contribution in [-0.2, 0) is 6.54 Å². The van der Waals surface area contributed by atoms with Gasteiger partial charge in [-0.1, -0.05) is 6.07 Å². The minimum absolute atomic E-state index is 0.0964. The molecule has 8 heteroatoms. The highest BCUT2D eigenvalue weighted by Gasteiger charge is 2.10. The van der Waals surface area contributed by atoms with Crippen LogP contribution in [0.5, 0.6) is 11.5 Å². The Labute approximate surface area is 122 Å². The van der Waals surface area contributed by atoms with E-state index in [0.717, 1.165) is 5.56 Å². The lowest BCUT2D eigenvalue weighted by Gasteiger charge is -2.14. The molecule has 0 saturated heterocycles. The van der Waals surface area contributed by atoms with Gasteiger partial charge in [0.2, 0.25) is 5.95 Å². The number of hydrogen-bond donors (Lipinski definition) is 4. The number of ether oxygens (including phenoxy) is 2. The van der Waals surface area contributed by atoms with Gasteiger partial charge in [0.25, 0.3) is 0 Å². The normalized spacial score (nSPS) is 10.0. The van der Waals surface area contributed by atoms with Crippen molar-refractivity contribution in [1.29, 1.82) is 5.41 Å². The van der Waals surface area contributed by atoms with Crippen molar-refractivity contribution >= 4 is 11.9 Å². The Morgan fingerprint density at radius 1 is 1.24 bits per heavy atom. The number of nitrogens with one attached hydrogen (secondary N) is 4. The molecule has 112 valence electrons. The van der Waals surface area contributed by atoms with E-state index in [2.05, 4.69) is 25.8 Å². The molecule has 2 rings (SSSR count). The summed E-state index contributed by atoms with van der Waals surface area (Å²) in [5, 5.41) is 21.2. The van der Waals surface area contributed by atoms with E-state index in [4.69, 9.17) is 14.9 Å². The number of aromatic nitrogens is 3. The first-order chi connectivity index (χ1) is 10.1. The maximum absolute atomic E-state index is 7.85. The van der Waals surface area contributed by atoms with Crippen LogP contribution in [0.3, 0.4) is 0 Å². The minimum atomic E-state index is 0.0964. The maximum Gasteiger partial charge on any atom is 0.228 e. The summed E-state index contributed by atoms with van der Waals surface area (Å²) in [7, 11) is 3.19. The number of anilines is 1. The molecular formula is C13H18N6O2. The molecular weight excluding hydrogens is 272 g/mol. The van der Waals surface area contributed by atoms with Crippen molar-refractivity contribution in [1.82, 2.24) is 20.5 Å². The molecule has 21 heavy (non-hydrogen) atoms. The largest absolute Gasteiger partial charge is 0.496 e. The first-order valence-corrected chi connectivity index (χ1v) is 6.32. The van der Waals surface area contributed by atoms with E-state index >= 15 is 0 Å². The molecule has 2 aromatic rings. The van der Waals surface area contributed by atoms with Gasteiger partial charge in [0.05, 0.1) is 26.3 Å². The molecule has 1 heterocycles. The van der Waals surface area contributed by atoms with Crippen molar-refractivity contribution < 1.29 is 9.47 Å². The lowest BCUT2D eigenvalue weighted by Crippen LogP contribution is -2.29. The van der Waals surface area contributed by atoms with E-state index in [0.29, 0.717) is 29.8 Å². The molecule has 0 bridgehead atoms. The molecule has 0 atom stereocenters. The van der Waals surface area contributed by atoms with Crippen LogP contribution in [0.1, 0.15) is 11.4 Å². The standard InChI is InChI=1S/C13H18N6O2/c1-8-16-13(19-18-8)17-12(14)15-7-9-10(20-2)5-4-6-11(9)21-3/h4-6H,7H2,1-3H3,(H4,14,15,16,17,18,19). The van der Waals surface area contributed by atoms with Crippen molar-refractivity contribution in [2.24, 2.45) is 0 Å². The van der Waals surface area contributed by atoms with Crippen molar-refractivity contribution in [2.75, 3.05) is 19.5 Å². The molecule has 0 radical (unpaired) electrons. The Morgan fingerprint density at radius 2 is 1.90 bits per heavy atom. The van der Waals surface area contributed by atoms with E-state index in [1.165, 1.54) is 0 Å². The molecule has 1 aromatic carbocycles. The number of hydrogen-bond acceptors (Lipinski definition) is 5. The second kappa shape index (κ2) is 6.60. The zero-order valence-electron chi connectivity index (χ0n) is 12.2. The van der Waals surface area contributed by atoms with Crippen LogP contribution in [-0.4, -0.2) is 35.4 Å². The van der Waals surface area contributed by atoms with Gasteiger partial charge in [0, 0.05) is 0 Å². The van der Waals surface area contributed by atoms with Gasteiger partial charge in [0.1, 0.15) is 17.3 Å². The Kier molecular flexibility index (Phi) is 4.60. The van der Waals surface area contributed by atoms with E-state index in [1.54, 1.807) is 21.1 Å². The van der Waals surface area contributed by atoms with Crippen LogP contribution in [0.15, 0.2) is 18.2 Å². The van der Waals surface area contributed by atoms with Crippen molar-refractivity contribution in [3.8, 4) is 11.5 Å². The first-order valence-electron chi connectivity index (χ1n) is 6.32. The number of nitrogens with zero attached hydrogens (tertiary/aromatic N) is 2. The van der Waals surface area contributed by atoms with Gasteiger partial charge >= 0.3 is 0 Å². The smallest absolute Gasteiger partial charge is 0.228 e. The molecule has 0 aliphatic carbocycles. The third-order valence-electron chi connectivity index (χ3n) is 2.81. The van der Waals surface area contributed by atoms with Crippen LogP contribution >= 0.6 is 0 Å². The molecule has 0 aliphatic rings. The van der Waals surface area contributed by atoms with Gasteiger partial charge in [-0.15, -0.1) is 10.2 Å². The predicted molar refractivity (Wildman–Crippen MR) is 78.9 cm³/mol. The summed E-state index contributed by atoms with van der Waals surface area (Å²) in [6.07, 6.45) is 0. The zero-order chi connectivity index (χ0) is 15.2. The lowest BCUT2D eigenvalue weighted by molar-refractivity contribution is 0.384. The summed E-state index contributed by atoms with van der Waals surface area (Å²) >= 11 is 0. The third kappa shape index (κ3) is 3.62. The Bertz CT molecular complexity index is 603. The van der Waals surface area contributed by atoms with E-state index in [9.17, 15) is 0 Å². The van der Waals surface area contributed by atoms with Gasteiger partial charge in [-0.2, -0.15) is 0 Å². The van der Waals surface area contributed by atoms with E-state index < -0.39 is 0 Å². The SMILES string of the molecule is COc1cccc(OC)c1CNC(=N)Nc1nnc(C)[nH]1. The van der Waals surface area contributed by atoms with Crippen LogP contribution in [0.4, 0.5) is 5.95 Å². The number of aryl methyl sites for hydroxylation is 1. The highest BCUT2D eigenvalue weighted by atomic mass is 16.5. The maximum atomic E-state index is 7.85. The van der Waals surface area contributed by atoms with Crippen LogP contribution in [0.25, 0.3) is 0 Å². The van der Waals surface area contributed by atoms with Gasteiger partial charge in [-0.05, 0) is 19.1 Å². The van der Waals surface area contributed by atoms with Crippen LogP contribution in [0.2, 0.25) is 0 Å². The molecule has 0 spiro atoms. The monoisotopic (exact) mass is 290 g/mol. The average molecular weight is 290 g/mol. The summed E-state index contributed by atoms with van der Waals surface area (Å²) in [5.41, 5.74) is 0.836. The first kappa shape index (κ1) is 14.6. The molecule has 0 amide bonds. The fraction of sp³-hybridized carbons (Fsp3) is 0.308. The van der Waals surface area contributed by atoms with Gasteiger partial charge in [-0.3, -0.25) is 10.7 Å². The summed E-state index contributed by atoms with van der Waals surface area (Å²) in [6.45, 7) is 2.17. The molecule has 1 aromatic heterocycles. The molecule has 8 nitrogen and oxygen atoms in total. The summed E-state index contributed by atoms with van der Waals surface area (Å²) in [4.78, 5) is 2.89. The second-order valence-corrected chi connectivity index (χ2v) is 4.25. The fourth-order valence-corrected chi connectivity index (χ4v) is 1.84. The Hall–Kier alpha value is -2.77. The quantitative estimate of drug-likeness (QED) is 0.488. The van der Waals surface area contributed by atoms with Gasteiger partial charge < -0.3 is 19.8 Å². The third-order valence-corrected chi connectivity index (χ3v) is 2.81. The Balaban J connectivity index is 2.00.